The van der Waals surface area contributed by atoms with E-state index >= 15 is 0 Å². The van der Waals surface area contributed by atoms with Crippen molar-refractivity contribution >= 4 is 18.2 Å². The van der Waals surface area contributed by atoms with E-state index in [2.05, 4.69) is 72.3 Å². The van der Waals surface area contributed by atoms with Gasteiger partial charge in [-0.2, -0.15) is 0 Å². The van der Waals surface area contributed by atoms with Crippen molar-refractivity contribution in [1.29, 1.82) is 0 Å². The summed E-state index contributed by atoms with van der Waals surface area (Å²) in [7, 11) is 1.94. The summed E-state index contributed by atoms with van der Waals surface area (Å²) in [5, 5.41) is 6.74. The highest BCUT2D eigenvalue weighted by molar-refractivity contribution is 6.09. The van der Waals surface area contributed by atoms with Crippen molar-refractivity contribution in [1.82, 2.24) is 10.2 Å². The monoisotopic (exact) mass is 453 g/mol. The summed E-state index contributed by atoms with van der Waals surface area (Å²) in [5.41, 5.74) is 4.68. The Labute approximate surface area is 200 Å². The minimum Gasteiger partial charge on any atom is -0.375 e. The zero-order valence-electron chi connectivity index (χ0n) is 21.1. The molecular weight excluding hydrogens is 410 g/mol. The van der Waals surface area contributed by atoms with Crippen LogP contribution >= 0.6 is 0 Å². The fourth-order valence-electron chi connectivity index (χ4n) is 4.74. The standard InChI is InChI=1S/C27H43N5O/c1-20(2)32-18-25(26(19-32)29-5)27(30-15-16-33-21(3)17-28-4)31-24-13-11-23(12-14-24)22-9-7-6-8-10-22/h11-14,20-22,28H,5-10,15-19H2,1-4H3,(H,30,31). The average Bonchev–Trinajstić information content (AvgIpc) is 3.27. The van der Waals surface area contributed by atoms with Gasteiger partial charge >= 0.3 is 0 Å². The van der Waals surface area contributed by atoms with Gasteiger partial charge in [0.2, 0.25) is 0 Å². The molecule has 0 spiro atoms. The molecule has 2 N–H and O–H groups in total. The van der Waals surface area contributed by atoms with Crippen LogP contribution in [0.1, 0.15) is 64.4 Å². The summed E-state index contributed by atoms with van der Waals surface area (Å²) in [6, 6.07) is 9.41. The van der Waals surface area contributed by atoms with Gasteiger partial charge in [-0.15, -0.1) is 0 Å². The Morgan fingerprint density at radius 3 is 2.48 bits per heavy atom. The Bertz CT molecular complexity index is 808. The molecule has 1 aliphatic heterocycles. The molecule has 1 atom stereocenters. The van der Waals surface area contributed by atoms with E-state index in [0.717, 1.165) is 42.4 Å². The zero-order chi connectivity index (χ0) is 23.6. The molecule has 0 bridgehead atoms. The summed E-state index contributed by atoms with van der Waals surface area (Å²) in [6.07, 6.45) is 6.90. The highest BCUT2D eigenvalue weighted by atomic mass is 16.5. The second kappa shape index (κ2) is 13.0. The van der Waals surface area contributed by atoms with Crippen LogP contribution in [-0.4, -0.2) is 69.4 Å². The number of benzene rings is 1. The molecule has 0 saturated heterocycles. The molecule has 182 valence electrons. The number of hydrogen-bond acceptors (Lipinski definition) is 5. The van der Waals surface area contributed by atoms with Gasteiger partial charge < -0.3 is 15.4 Å². The molecule has 0 amide bonds. The van der Waals surface area contributed by atoms with E-state index in [1.807, 2.05) is 7.05 Å². The minimum atomic E-state index is 0.168. The predicted molar refractivity (Wildman–Crippen MR) is 141 cm³/mol. The first kappa shape index (κ1) is 25.6. The summed E-state index contributed by atoms with van der Waals surface area (Å²) in [5.74, 6) is 1.60. The molecule has 1 fully saturated rings. The van der Waals surface area contributed by atoms with Gasteiger partial charge in [-0.1, -0.05) is 31.4 Å². The molecule has 1 aromatic carbocycles. The second-order valence-electron chi connectivity index (χ2n) is 9.63. The lowest BCUT2D eigenvalue weighted by Gasteiger charge is -2.22. The molecular formula is C27H43N5O. The zero-order valence-corrected chi connectivity index (χ0v) is 21.1. The van der Waals surface area contributed by atoms with E-state index in [1.165, 1.54) is 37.7 Å². The lowest BCUT2D eigenvalue weighted by molar-refractivity contribution is 0.0734. The SMILES string of the molecule is C=NC1=C(C(=NCCOC(C)CNC)Nc2ccc(C3CCCCC3)cc2)CN(C(C)C)C1. The molecule has 0 radical (unpaired) electrons. The fraction of sp³-hybridized carbons (Fsp3) is 0.630. The van der Waals surface area contributed by atoms with Gasteiger partial charge in [-0.3, -0.25) is 14.9 Å². The van der Waals surface area contributed by atoms with E-state index in [0.29, 0.717) is 25.1 Å². The van der Waals surface area contributed by atoms with Crippen molar-refractivity contribution in [2.45, 2.75) is 70.9 Å². The topological polar surface area (TPSA) is 61.3 Å². The summed E-state index contributed by atoms with van der Waals surface area (Å²) in [6.45, 7) is 14.0. The lowest BCUT2D eigenvalue weighted by Crippen LogP contribution is -2.30. The third-order valence-electron chi connectivity index (χ3n) is 6.77. The van der Waals surface area contributed by atoms with Crippen LogP contribution in [0.15, 0.2) is 45.5 Å². The van der Waals surface area contributed by atoms with Crippen LogP contribution in [0, 0.1) is 0 Å². The Hall–Kier alpha value is -2.02. The maximum atomic E-state index is 5.88. The van der Waals surface area contributed by atoms with E-state index in [-0.39, 0.29) is 6.10 Å². The molecule has 0 aromatic heterocycles. The third kappa shape index (κ3) is 7.49. The van der Waals surface area contributed by atoms with Crippen molar-refractivity contribution in [2.75, 3.05) is 45.2 Å². The number of nitrogens with zero attached hydrogens (tertiary/aromatic N) is 3. The summed E-state index contributed by atoms with van der Waals surface area (Å²) >= 11 is 0. The molecule has 1 aromatic rings. The lowest BCUT2D eigenvalue weighted by atomic mass is 9.84. The Balaban J connectivity index is 1.73. The molecule has 1 saturated carbocycles. The van der Waals surface area contributed by atoms with Gasteiger partial charge in [-0.05, 0) is 71.0 Å². The first-order valence-electron chi connectivity index (χ1n) is 12.6. The molecule has 6 heteroatoms. The van der Waals surface area contributed by atoms with Crippen LogP contribution in [0.5, 0.6) is 0 Å². The first-order valence-corrected chi connectivity index (χ1v) is 12.6. The fourth-order valence-corrected chi connectivity index (χ4v) is 4.74. The maximum absolute atomic E-state index is 5.88. The number of rotatable bonds is 11. The van der Waals surface area contributed by atoms with Crippen LogP contribution in [0.2, 0.25) is 0 Å². The highest BCUT2D eigenvalue weighted by Gasteiger charge is 2.27. The van der Waals surface area contributed by atoms with Gasteiger partial charge in [-0.25, -0.2) is 0 Å². The average molecular weight is 454 g/mol. The Morgan fingerprint density at radius 1 is 1.12 bits per heavy atom. The van der Waals surface area contributed by atoms with E-state index < -0.39 is 0 Å². The van der Waals surface area contributed by atoms with Gasteiger partial charge in [0.15, 0.2) is 0 Å². The quantitative estimate of drug-likeness (QED) is 0.286. The van der Waals surface area contributed by atoms with Crippen molar-refractivity contribution in [3.05, 3.63) is 41.1 Å². The first-order chi connectivity index (χ1) is 16.0. The van der Waals surface area contributed by atoms with Gasteiger partial charge in [0, 0.05) is 36.9 Å². The number of likely N-dealkylation sites (N-methyl/N-ethyl adjacent to an activating group) is 1. The van der Waals surface area contributed by atoms with Crippen molar-refractivity contribution < 1.29 is 4.74 Å². The van der Waals surface area contributed by atoms with Gasteiger partial charge in [0.05, 0.1) is 25.0 Å². The number of nitrogens with one attached hydrogen (secondary N) is 2. The van der Waals surface area contributed by atoms with Gasteiger partial charge in [0.1, 0.15) is 5.84 Å². The smallest absolute Gasteiger partial charge is 0.131 e. The highest BCUT2D eigenvalue weighted by Crippen LogP contribution is 2.33. The molecule has 2 aliphatic rings. The molecule has 1 aliphatic carbocycles. The number of amidine groups is 1. The Kier molecular flexibility index (Phi) is 10.1. The largest absolute Gasteiger partial charge is 0.375 e. The molecule has 33 heavy (non-hydrogen) atoms. The van der Waals surface area contributed by atoms with Gasteiger partial charge in [0.25, 0.3) is 0 Å². The number of anilines is 1. The molecule has 1 heterocycles. The van der Waals surface area contributed by atoms with Crippen LogP contribution in [-0.2, 0) is 4.74 Å². The Morgan fingerprint density at radius 2 is 1.85 bits per heavy atom. The number of aliphatic imine (C=N–C) groups is 2. The molecule has 1 unspecified atom stereocenters. The third-order valence-corrected chi connectivity index (χ3v) is 6.77. The van der Waals surface area contributed by atoms with Crippen LogP contribution in [0.4, 0.5) is 5.69 Å². The van der Waals surface area contributed by atoms with E-state index in [1.54, 1.807) is 0 Å². The van der Waals surface area contributed by atoms with Crippen molar-refractivity contribution in [2.24, 2.45) is 9.98 Å². The maximum Gasteiger partial charge on any atom is 0.131 e. The van der Waals surface area contributed by atoms with E-state index in [9.17, 15) is 0 Å². The number of hydrogen-bond donors (Lipinski definition) is 2. The van der Waals surface area contributed by atoms with Crippen molar-refractivity contribution in [3.8, 4) is 0 Å². The normalized spacial score (nSPS) is 19.4. The second-order valence-corrected chi connectivity index (χ2v) is 9.63. The van der Waals surface area contributed by atoms with Crippen LogP contribution in [0.3, 0.4) is 0 Å². The van der Waals surface area contributed by atoms with Crippen LogP contribution in [0.25, 0.3) is 0 Å². The number of ether oxygens (including phenoxy) is 1. The minimum absolute atomic E-state index is 0.168. The summed E-state index contributed by atoms with van der Waals surface area (Å²) < 4.78 is 5.88. The predicted octanol–water partition coefficient (Wildman–Crippen LogP) is 4.85. The molecule has 3 rings (SSSR count). The molecule has 6 nitrogen and oxygen atoms in total. The summed E-state index contributed by atoms with van der Waals surface area (Å²) in [4.78, 5) is 11.7. The van der Waals surface area contributed by atoms with Crippen LogP contribution < -0.4 is 10.6 Å². The van der Waals surface area contributed by atoms with Crippen molar-refractivity contribution in [3.63, 3.8) is 0 Å². The van der Waals surface area contributed by atoms with E-state index in [4.69, 9.17) is 9.73 Å².